The second kappa shape index (κ2) is 9.16. The van der Waals surface area contributed by atoms with Gasteiger partial charge >= 0.3 is 0 Å². The lowest BCUT2D eigenvalue weighted by atomic mass is 9.83. The minimum Gasteiger partial charge on any atom is -0.357 e. The van der Waals surface area contributed by atoms with Crippen molar-refractivity contribution in [2.45, 2.75) is 52.1 Å². The Morgan fingerprint density at radius 2 is 2.00 bits per heavy atom. The molecule has 0 aliphatic carbocycles. The number of rotatable bonds is 6. The smallest absolute Gasteiger partial charge is 0.254 e. The molecule has 1 fully saturated rings. The number of carbonyl (C=O) groups excluding carboxylic acids is 1. The molecule has 0 saturated carbocycles. The van der Waals surface area contributed by atoms with E-state index < -0.39 is 0 Å². The van der Waals surface area contributed by atoms with Gasteiger partial charge in [0.05, 0.1) is 5.56 Å². The maximum absolute atomic E-state index is 13.4. The molecule has 2 heterocycles. The number of aryl methyl sites for hydroxylation is 1. The highest BCUT2D eigenvalue weighted by molar-refractivity contribution is 7.99. The van der Waals surface area contributed by atoms with Crippen LogP contribution < -0.4 is 10.2 Å². The summed E-state index contributed by atoms with van der Waals surface area (Å²) in [4.78, 5) is 20.1. The molecule has 0 atom stereocenters. The van der Waals surface area contributed by atoms with Crippen LogP contribution in [0.5, 0.6) is 0 Å². The molecular formula is C23H30FN3OS. The first-order chi connectivity index (χ1) is 13.8. The van der Waals surface area contributed by atoms with E-state index in [0.717, 1.165) is 53.7 Å². The number of amides is 1. The van der Waals surface area contributed by atoms with Crippen LogP contribution in [0.25, 0.3) is 0 Å². The zero-order valence-corrected chi connectivity index (χ0v) is 18.5. The first-order valence-corrected chi connectivity index (χ1v) is 11.2. The lowest BCUT2D eigenvalue weighted by molar-refractivity contribution is 0.0946. The van der Waals surface area contributed by atoms with Gasteiger partial charge in [-0.1, -0.05) is 32.9 Å². The van der Waals surface area contributed by atoms with Crippen LogP contribution in [0.1, 0.15) is 55.1 Å². The summed E-state index contributed by atoms with van der Waals surface area (Å²) in [6.45, 7) is 10.9. The highest BCUT2D eigenvalue weighted by Crippen LogP contribution is 2.33. The van der Waals surface area contributed by atoms with E-state index in [2.05, 4.69) is 31.0 Å². The Hall–Kier alpha value is -2.08. The minimum absolute atomic E-state index is 0.165. The molecule has 0 radical (unpaired) electrons. The summed E-state index contributed by atoms with van der Waals surface area (Å²) < 4.78 is 13.4. The highest BCUT2D eigenvalue weighted by Gasteiger charge is 2.27. The Labute approximate surface area is 177 Å². The van der Waals surface area contributed by atoms with Crippen LogP contribution in [0.15, 0.2) is 35.4 Å². The Bertz CT molecular complexity index is 874. The zero-order chi connectivity index (χ0) is 21.0. The van der Waals surface area contributed by atoms with E-state index in [-0.39, 0.29) is 18.3 Å². The van der Waals surface area contributed by atoms with Gasteiger partial charge in [-0.3, -0.25) is 4.79 Å². The molecule has 3 rings (SSSR count). The van der Waals surface area contributed by atoms with Crippen LogP contribution in [0.4, 0.5) is 10.2 Å². The summed E-state index contributed by atoms with van der Waals surface area (Å²) in [5.74, 6) is 1.33. The summed E-state index contributed by atoms with van der Waals surface area (Å²) in [7, 11) is 0. The summed E-state index contributed by atoms with van der Waals surface area (Å²) in [6, 6.07) is 8.31. The topological polar surface area (TPSA) is 45.2 Å². The van der Waals surface area contributed by atoms with Crippen LogP contribution in [0.3, 0.4) is 0 Å². The second-order valence-electron chi connectivity index (χ2n) is 8.37. The van der Waals surface area contributed by atoms with Gasteiger partial charge in [0, 0.05) is 19.6 Å². The number of pyridine rings is 1. The van der Waals surface area contributed by atoms with Crippen molar-refractivity contribution in [1.29, 1.82) is 0 Å². The lowest BCUT2D eigenvalue weighted by Crippen LogP contribution is -2.38. The molecule has 1 aliphatic heterocycles. The molecule has 1 saturated heterocycles. The fourth-order valence-corrected chi connectivity index (χ4v) is 4.39. The van der Waals surface area contributed by atoms with Gasteiger partial charge in [-0.05, 0) is 60.3 Å². The van der Waals surface area contributed by atoms with Crippen molar-refractivity contribution in [2.24, 2.45) is 5.41 Å². The number of anilines is 1. The molecule has 2 aromatic rings. The Balaban J connectivity index is 1.79. The third-order valence-corrected chi connectivity index (χ3v) is 6.32. The molecule has 1 aliphatic rings. The number of halogens is 1. The highest BCUT2D eigenvalue weighted by atomic mass is 32.2. The molecule has 156 valence electrons. The van der Waals surface area contributed by atoms with Crippen LogP contribution in [-0.2, 0) is 6.54 Å². The number of hydrogen-bond donors (Lipinski definition) is 1. The van der Waals surface area contributed by atoms with Gasteiger partial charge in [-0.2, -0.15) is 0 Å². The minimum atomic E-state index is -0.300. The number of thioether (sulfide) groups is 1. The van der Waals surface area contributed by atoms with Crippen LogP contribution in [0.2, 0.25) is 0 Å². The quantitative estimate of drug-likeness (QED) is 0.659. The van der Waals surface area contributed by atoms with Gasteiger partial charge in [0.25, 0.3) is 5.91 Å². The number of nitrogens with one attached hydrogen (secondary N) is 1. The molecule has 1 N–H and O–H groups in total. The Morgan fingerprint density at radius 1 is 1.28 bits per heavy atom. The van der Waals surface area contributed by atoms with Crippen LogP contribution in [0, 0.1) is 18.2 Å². The SMILES string of the molecule is CCSc1nc(N2CCC(C)(C)CC2)cc(C)c1C(=O)NCc1cccc(F)c1. The van der Waals surface area contributed by atoms with Crippen molar-refractivity contribution in [3.05, 3.63) is 52.8 Å². The summed E-state index contributed by atoms with van der Waals surface area (Å²) >= 11 is 1.59. The fourth-order valence-electron chi connectivity index (χ4n) is 3.56. The maximum Gasteiger partial charge on any atom is 0.254 e. The van der Waals surface area contributed by atoms with Gasteiger partial charge < -0.3 is 10.2 Å². The number of aromatic nitrogens is 1. The van der Waals surface area contributed by atoms with Gasteiger partial charge in [0.2, 0.25) is 0 Å². The van der Waals surface area contributed by atoms with Gasteiger partial charge in [-0.15, -0.1) is 11.8 Å². The number of carbonyl (C=O) groups is 1. The second-order valence-corrected chi connectivity index (χ2v) is 9.63. The van der Waals surface area contributed by atoms with E-state index >= 15 is 0 Å². The van der Waals surface area contributed by atoms with E-state index in [1.165, 1.54) is 12.1 Å². The summed E-state index contributed by atoms with van der Waals surface area (Å²) in [6.07, 6.45) is 2.28. The normalized spacial score (nSPS) is 16.0. The van der Waals surface area contributed by atoms with E-state index in [9.17, 15) is 9.18 Å². The molecule has 4 nitrogen and oxygen atoms in total. The first-order valence-electron chi connectivity index (χ1n) is 10.2. The lowest BCUT2D eigenvalue weighted by Gasteiger charge is -2.37. The van der Waals surface area contributed by atoms with E-state index in [1.807, 2.05) is 13.0 Å². The van der Waals surface area contributed by atoms with Crippen LogP contribution >= 0.6 is 11.8 Å². The number of hydrogen-bond acceptors (Lipinski definition) is 4. The van der Waals surface area contributed by atoms with Gasteiger partial charge in [0.1, 0.15) is 16.7 Å². The van der Waals surface area contributed by atoms with Gasteiger partial charge in [-0.25, -0.2) is 9.37 Å². The third kappa shape index (κ3) is 5.50. The predicted octanol–water partition coefficient (Wildman–Crippen LogP) is 5.20. The Morgan fingerprint density at radius 3 is 2.66 bits per heavy atom. The van der Waals surface area contributed by atoms with Crippen LogP contribution in [-0.4, -0.2) is 29.7 Å². The van der Waals surface area contributed by atoms with Crippen molar-refractivity contribution in [2.75, 3.05) is 23.7 Å². The number of piperidine rings is 1. The third-order valence-electron chi connectivity index (χ3n) is 5.46. The molecule has 6 heteroatoms. The van der Waals surface area contributed by atoms with Crippen molar-refractivity contribution in [3.63, 3.8) is 0 Å². The molecule has 29 heavy (non-hydrogen) atoms. The standard InChI is InChI=1S/C23H30FN3OS/c1-5-29-22-20(21(28)25-15-17-7-6-8-18(24)14-17)16(2)13-19(26-22)27-11-9-23(3,4)10-12-27/h6-8,13-14H,5,9-12,15H2,1-4H3,(H,25,28). The molecule has 1 amide bonds. The average Bonchev–Trinajstić information content (AvgIpc) is 2.66. The van der Waals surface area contributed by atoms with E-state index in [0.29, 0.717) is 11.0 Å². The largest absolute Gasteiger partial charge is 0.357 e. The molecule has 1 aromatic carbocycles. The predicted molar refractivity (Wildman–Crippen MR) is 118 cm³/mol. The molecule has 0 bridgehead atoms. The van der Waals surface area contributed by atoms with E-state index in [1.54, 1.807) is 23.9 Å². The summed E-state index contributed by atoms with van der Waals surface area (Å²) in [5.41, 5.74) is 2.66. The fraction of sp³-hybridized carbons (Fsp3) is 0.478. The first kappa shape index (κ1) is 21.6. The molecule has 0 spiro atoms. The summed E-state index contributed by atoms with van der Waals surface area (Å²) in [5, 5.41) is 3.69. The van der Waals surface area contributed by atoms with Gasteiger partial charge in [0.15, 0.2) is 0 Å². The zero-order valence-electron chi connectivity index (χ0n) is 17.7. The number of benzene rings is 1. The monoisotopic (exact) mass is 415 g/mol. The Kier molecular flexibility index (Phi) is 6.83. The molecular weight excluding hydrogens is 385 g/mol. The molecule has 1 aromatic heterocycles. The van der Waals surface area contributed by atoms with E-state index in [4.69, 9.17) is 4.98 Å². The average molecular weight is 416 g/mol. The van der Waals surface area contributed by atoms with Crippen molar-refractivity contribution < 1.29 is 9.18 Å². The number of nitrogens with zero attached hydrogens (tertiary/aromatic N) is 2. The maximum atomic E-state index is 13.4. The van der Waals surface area contributed by atoms with Crippen molar-refractivity contribution in [1.82, 2.24) is 10.3 Å². The molecule has 0 unspecified atom stereocenters. The van der Waals surface area contributed by atoms with Crippen molar-refractivity contribution >= 4 is 23.5 Å². The van der Waals surface area contributed by atoms with Crippen molar-refractivity contribution in [3.8, 4) is 0 Å².